The molecular formula is C15H30N2O4. The molecule has 0 aliphatic carbocycles. The fourth-order valence-corrected chi connectivity index (χ4v) is 2.00. The number of nitrogens with one attached hydrogen (secondary N) is 1. The van der Waals surface area contributed by atoms with E-state index in [9.17, 15) is 9.59 Å². The molecule has 0 fully saturated rings. The van der Waals surface area contributed by atoms with Gasteiger partial charge in [-0.15, -0.1) is 0 Å². The summed E-state index contributed by atoms with van der Waals surface area (Å²) in [4.78, 5) is 24.6. The largest absolute Gasteiger partial charge is 0.481 e. The summed E-state index contributed by atoms with van der Waals surface area (Å²) in [6.45, 7) is 8.65. The summed E-state index contributed by atoms with van der Waals surface area (Å²) >= 11 is 0. The number of carboxylic acids is 1. The molecule has 124 valence electrons. The molecule has 0 spiro atoms. The number of aliphatic carboxylic acids is 1. The molecule has 0 saturated heterocycles. The van der Waals surface area contributed by atoms with Crippen LogP contribution in [0.4, 0.5) is 4.79 Å². The molecule has 2 unspecified atom stereocenters. The molecule has 2 amide bonds. The summed E-state index contributed by atoms with van der Waals surface area (Å²) in [5, 5.41) is 11.8. The Morgan fingerprint density at radius 2 is 1.81 bits per heavy atom. The first-order valence-electron chi connectivity index (χ1n) is 7.58. The molecule has 0 aliphatic rings. The second-order valence-corrected chi connectivity index (χ2v) is 5.80. The van der Waals surface area contributed by atoms with E-state index in [1.54, 1.807) is 18.9 Å². The smallest absolute Gasteiger partial charge is 0.317 e. The molecule has 0 aliphatic heterocycles. The van der Waals surface area contributed by atoms with Crippen molar-refractivity contribution in [3.63, 3.8) is 0 Å². The van der Waals surface area contributed by atoms with Gasteiger partial charge in [0.1, 0.15) is 0 Å². The van der Waals surface area contributed by atoms with Crippen LogP contribution in [0.15, 0.2) is 0 Å². The first-order valence-corrected chi connectivity index (χ1v) is 7.58. The van der Waals surface area contributed by atoms with Gasteiger partial charge in [0.05, 0.1) is 12.5 Å². The zero-order chi connectivity index (χ0) is 16.4. The van der Waals surface area contributed by atoms with Gasteiger partial charge in [-0.25, -0.2) is 4.79 Å². The predicted molar refractivity (Wildman–Crippen MR) is 82.4 cm³/mol. The van der Waals surface area contributed by atoms with E-state index in [2.05, 4.69) is 5.32 Å². The average Bonchev–Trinajstić information content (AvgIpc) is 2.38. The Morgan fingerprint density at radius 3 is 2.29 bits per heavy atom. The van der Waals surface area contributed by atoms with E-state index in [1.807, 2.05) is 20.8 Å². The first-order chi connectivity index (χ1) is 9.79. The average molecular weight is 302 g/mol. The second-order valence-electron chi connectivity index (χ2n) is 5.80. The number of carboxylic acid groups (broad SMARTS) is 1. The van der Waals surface area contributed by atoms with E-state index in [4.69, 9.17) is 9.84 Å². The van der Waals surface area contributed by atoms with Crippen LogP contribution in [0.1, 0.15) is 47.0 Å². The van der Waals surface area contributed by atoms with E-state index >= 15 is 0 Å². The Morgan fingerprint density at radius 1 is 1.19 bits per heavy atom. The highest BCUT2D eigenvalue weighted by molar-refractivity contribution is 5.74. The lowest BCUT2D eigenvalue weighted by atomic mass is 10.0. The molecule has 0 aromatic heterocycles. The maximum absolute atomic E-state index is 12.2. The molecule has 0 bridgehead atoms. The summed E-state index contributed by atoms with van der Waals surface area (Å²) in [5.41, 5.74) is 0. The molecule has 0 aromatic carbocycles. The number of rotatable bonds is 10. The summed E-state index contributed by atoms with van der Waals surface area (Å²) < 4.78 is 5.01. The lowest BCUT2D eigenvalue weighted by molar-refractivity contribution is -0.141. The van der Waals surface area contributed by atoms with Crippen LogP contribution >= 0.6 is 0 Å². The maximum Gasteiger partial charge on any atom is 0.317 e. The van der Waals surface area contributed by atoms with Crippen molar-refractivity contribution in [2.45, 2.75) is 59.0 Å². The molecule has 0 aromatic rings. The first kappa shape index (κ1) is 19.7. The fraction of sp³-hybridized carbons (Fsp3) is 0.867. The normalized spacial score (nSPS) is 13.8. The van der Waals surface area contributed by atoms with Crippen molar-refractivity contribution >= 4 is 12.0 Å². The summed E-state index contributed by atoms with van der Waals surface area (Å²) in [6.07, 6.45) is 2.20. The Labute approximate surface area is 127 Å². The zero-order valence-electron chi connectivity index (χ0n) is 13.9. The number of nitrogens with zero attached hydrogens (tertiary/aromatic N) is 1. The highest BCUT2D eigenvalue weighted by atomic mass is 16.5. The molecular weight excluding hydrogens is 272 g/mol. The van der Waals surface area contributed by atoms with Gasteiger partial charge in [-0.2, -0.15) is 0 Å². The van der Waals surface area contributed by atoms with Gasteiger partial charge in [0.2, 0.25) is 0 Å². The number of hydrogen-bond donors (Lipinski definition) is 2. The minimum atomic E-state index is -0.766. The van der Waals surface area contributed by atoms with Crippen LogP contribution < -0.4 is 5.32 Å². The summed E-state index contributed by atoms with van der Waals surface area (Å²) in [5.74, 6) is -1.10. The number of hydrogen-bond acceptors (Lipinski definition) is 3. The lowest BCUT2D eigenvalue weighted by Crippen LogP contribution is -2.48. The van der Waals surface area contributed by atoms with E-state index in [1.165, 1.54) is 0 Å². The van der Waals surface area contributed by atoms with Crippen molar-refractivity contribution in [2.75, 3.05) is 20.3 Å². The van der Waals surface area contributed by atoms with E-state index in [0.717, 1.165) is 12.8 Å². The SMILES string of the molecule is COCCN(C(=O)NC(C)CCCC(C)C(=O)O)C(C)C. The monoisotopic (exact) mass is 302 g/mol. The number of amides is 2. The van der Waals surface area contributed by atoms with E-state index < -0.39 is 5.97 Å². The number of ether oxygens (including phenoxy) is 1. The summed E-state index contributed by atoms with van der Waals surface area (Å²) in [7, 11) is 1.61. The van der Waals surface area contributed by atoms with Gasteiger partial charge >= 0.3 is 12.0 Å². The third-order valence-electron chi connectivity index (χ3n) is 3.49. The molecule has 2 atom stereocenters. The van der Waals surface area contributed by atoms with Gasteiger partial charge in [-0.3, -0.25) is 4.79 Å². The number of methoxy groups -OCH3 is 1. The summed E-state index contributed by atoms with van der Waals surface area (Å²) in [6, 6.07) is 0.0440. The molecule has 0 heterocycles. The van der Waals surface area contributed by atoms with Gasteiger partial charge in [0.25, 0.3) is 0 Å². The van der Waals surface area contributed by atoms with Gasteiger partial charge in [0, 0.05) is 25.7 Å². The minimum Gasteiger partial charge on any atom is -0.481 e. The van der Waals surface area contributed by atoms with E-state index in [0.29, 0.717) is 19.6 Å². The number of carbonyl (C=O) groups is 2. The van der Waals surface area contributed by atoms with Crippen LogP contribution in [0, 0.1) is 5.92 Å². The highest BCUT2D eigenvalue weighted by Crippen LogP contribution is 2.10. The Balaban J connectivity index is 4.13. The Bertz CT molecular complexity index is 321. The Hall–Kier alpha value is -1.30. The topological polar surface area (TPSA) is 78.9 Å². The number of urea groups is 1. The minimum absolute atomic E-state index is 0.0299. The third-order valence-corrected chi connectivity index (χ3v) is 3.49. The van der Waals surface area contributed by atoms with Gasteiger partial charge in [0.15, 0.2) is 0 Å². The van der Waals surface area contributed by atoms with Crippen LogP contribution in [0.25, 0.3) is 0 Å². The third kappa shape index (κ3) is 8.55. The van der Waals surface area contributed by atoms with Gasteiger partial charge in [-0.05, 0) is 33.6 Å². The van der Waals surface area contributed by atoms with Gasteiger partial charge < -0.3 is 20.1 Å². The highest BCUT2D eigenvalue weighted by Gasteiger charge is 2.18. The van der Waals surface area contributed by atoms with Crippen LogP contribution in [0.3, 0.4) is 0 Å². The standard InChI is InChI=1S/C15H30N2O4/c1-11(2)17(9-10-21-5)15(20)16-13(4)8-6-7-12(3)14(18)19/h11-13H,6-10H2,1-5H3,(H,16,20)(H,18,19). The maximum atomic E-state index is 12.2. The van der Waals surface area contributed by atoms with Crippen molar-refractivity contribution < 1.29 is 19.4 Å². The number of carbonyl (C=O) groups excluding carboxylic acids is 1. The molecule has 0 rings (SSSR count). The van der Waals surface area contributed by atoms with Crippen molar-refractivity contribution in [2.24, 2.45) is 5.92 Å². The lowest BCUT2D eigenvalue weighted by Gasteiger charge is -2.28. The van der Waals surface area contributed by atoms with Crippen LogP contribution in [0.5, 0.6) is 0 Å². The van der Waals surface area contributed by atoms with Gasteiger partial charge in [-0.1, -0.05) is 13.3 Å². The van der Waals surface area contributed by atoms with Crippen LogP contribution in [-0.4, -0.2) is 54.4 Å². The molecule has 0 radical (unpaired) electrons. The Kier molecular flexibility index (Phi) is 9.78. The molecule has 2 N–H and O–H groups in total. The zero-order valence-corrected chi connectivity index (χ0v) is 13.9. The van der Waals surface area contributed by atoms with Crippen LogP contribution in [0.2, 0.25) is 0 Å². The van der Waals surface area contributed by atoms with Crippen molar-refractivity contribution in [3.8, 4) is 0 Å². The second kappa shape index (κ2) is 10.4. The molecule has 6 heteroatoms. The van der Waals surface area contributed by atoms with Crippen molar-refractivity contribution in [1.29, 1.82) is 0 Å². The van der Waals surface area contributed by atoms with Crippen LogP contribution in [-0.2, 0) is 9.53 Å². The fourth-order valence-electron chi connectivity index (χ4n) is 2.00. The molecule has 0 saturated carbocycles. The van der Waals surface area contributed by atoms with E-state index in [-0.39, 0.29) is 24.0 Å². The van der Waals surface area contributed by atoms with Crippen molar-refractivity contribution in [1.82, 2.24) is 10.2 Å². The van der Waals surface area contributed by atoms with Crippen molar-refractivity contribution in [3.05, 3.63) is 0 Å². The predicted octanol–water partition coefficient (Wildman–Crippen LogP) is 2.33. The molecule has 6 nitrogen and oxygen atoms in total. The quantitative estimate of drug-likeness (QED) is 0.649. The molecule has 21 heavy (non-hydrogen) atoms.